The van der Waals surface area contributed by atoms with Crippen molar-refractivity contribution in [1.82, 2.24) is 0 Å². The van der Waals surface area contributed by atoms with E-state index in [4.69, 9.17) is 14.2 Å². The summed E-state index contributed by atoms with van der Waals surface area (Å²) in [5.41, 5.74) is 2.95. The third-order valence-electron chi connectivity index (χ3n) is 5.48. The molecule has 0 aliphatic carbocycles. The van der Waals surface area contributed by atoms with Crippen molar-refractivity contribution in [3.8, 4) is 11.5 Å². The lowest BCUT2D eigenvalue weighted by Crippen LogP contribution is -2.45. The minimum atomic E-state index is -1.23. The zero-order chi connectivity index (χ0) is 22.7. The highest BCUT2D eigenvalue weighted by Gasteiger charge is 2.44. The summed E-state index contributed by atoms with van der Waals surface area (Å²) in [6, 6.07) is 21.3. The van der Waals surface area contributed by atoms with E-state index in [-0.39, 0.29) is 12.6 Å². The summed E-state index contributed by atoms with van der Waals surface area (Å²) in [5, 5.41) is 3.45. The number of nitrogens with one attached hydrogen (secondary N) is 1. The number of benzene rings is 3. The average Bonchev–Trinajstić information content (AvgIpc) is 2.83. The molecule has 0 fully saturated rings. The molecule has 164 valence electrons. The largest absolute Gasteiger partial charge is 0.497 e. The highest BCUT2D eigenvalue weighted by molar-refractivity contribution is 9.10. The summed E-state index contributed by atoms with van der Waals surface area (Å²) in [7, 11) is 3.23. The van der Waals surface area contributed by atoms with Crippen LogP contribution >= 0.6 is 15.9 Å². The number of carbonyl (C=O) groups excluding carboxylic acids is 1. The monoisotopic (exact) mass is 493 g/mol. The summed E-state index contributed by atoms with van der Waals surface area (Å²) in [6.07, 6.45) is 1.93. The van der Waals surface area contributed by atoms with Crippen molar-refractivity contribution >= 4 is 33.2 Å². The second-order valence-electron chi connectivity index (χ2n) is 7.34. The molecule has 0 bridgehead atoms. The van der Waals surface area contributed by atoms with Crippen LogP contribution in [-0.4, -0.2) is 26.8 Å². The van der Waals surface area contributed by atoms with E-state index < -0.39 is 5.54 Å². The Balaban J connectivity index is 2.05. The molecule has 0 amide bonds. The number of hydrogen-bond acceptors (Lipinski definition) is 5. The van der Waals surface area contributed by atoms with Gasteiger partial charge in [-0.1, -0.05) is 58.4 Å². The number of fused-ring (bicyclic) bond motifs is 1. The van der Waals surface area contributed by atoms with Crippen LogP contribution in [0.15, 0.2) is 77.3 Å². The fourth-order valence-corrected chi connectivity index (χ4v) is 4.23. The molecule has 3 aromatic rings. The van der Waals surface area contributed by atoms with Crippen LogP contribution in [0, 0.1) is 0 Å². The van der Waals surface area contributed by atoms with Crippen molar-refractivity contribution in [2.45, 2.75) is 12.5 Å². The average molecular weight is 494 g/mol. The molecule has 4 rings (SSSR count). The van der Waals surface area contributed by atoms with E-state index in [1.807, 2.05) is 72.8 Å². The van der Waals surface area contributed by atoms with Gasteiger partial charge in [0.15, 0.2) is 5.54 Å². The van der Waals surface area contributed by atoms with E-state index in [9.17, 15) is 4.79 Å². The number of halogens is 1. The van der Waals surface area contributed by atoms with Crippen LogP contribution in [0.25, 0.3) is 5.57 Å². The molecule has 0 radical (unpaired) electrons. The molecule has 1 aliphatic rings. The number of ether oxygens (including phenoxy) is 3. The molecular formula is C26H24BrNO4. The van der Waals surface area contributed by atoms with E-state index in [0.29, 0.717) is 11.5 Å². The van der Waals surface area contributed by atoms with Crippen LogP contribution < -0.4 is 14.8 Å². The highest BCUT2D eigenvalue weighted by Crippen LogP contribution is 2.48. The van der Waals surface area contributed by atoms with Gasteiger partial charge in [-0.25, -0.2) is 4.79 Å². The Hall–Kier alpha value is -3.25. The third-order valence-corrected chi connectivity index (χ3v) is 6.00. The fourth-order valence-electron chi connectivity index (χ4n) is 3.97. The van der Waals surface area contributed by atoms with Gasteiger partial charge in [-0.2, -0.15) is 0 Å². The summed E-state index contributed by atoms with van der Waals surface area (Å²) in [4.78, 5) is 13.5. The molecule has 1 aliphatic heterocycles. The Bertz CT molecular complexity index is 1160. The molecule has 0 spiro atoms. The van der Waals surface area contributed by atoms with Crippen LogP contribution in [-0.2, 0) is 15.1 Å². The summed E-state index contributed by atoms with van der Waals surface area (Å²) in [6.45, 7) is 2.07. The van der Waals surface area contributed by atoms with Crippen molar-refractivity contribution in [3.63, 3.8) is 0 Å². The maximum Gasteiger partial charge on any atom is 0.340 e. The van der Waals surface area contributed by atoms with Crippen molar-refractivity contribution < 1.29 is 19.0 Å². The summed E-state index contributed by atoms with van der Waals surface area (Å²) >= 11 is 3.48. The number of rotatable bonds is 6. The number of anilines is 1. The Morgan fingerprint density at radius 3 is 2.34 bits per heavy atom. The van der Waals surface area contributed by atoms with Gasteiger partial charge in [0.2, 0.25) is 0 Å². The van der Waals surface area contributed by atoms with Gasteiger partial charge in [-0.05, 0) is 41.8 Å². The lowest BCUT2D eigenvalue weighted by atomic mass is 9.80. The third kappa shape index (κ3) is 3.86. The van der Waals surface area contributed by atoms with Crippen LogP contribution in [0.4, 0.5) is 5.69 Å². The zero-order valence-corrected chi connectivity index (χ0v) is 19.7. The Morgan fingerprint density at radius 1 is 1.00 bits per heavy atom. The molecule has 1 heterocycles. The molecule has 0 saturated carbocycles. The van der Waals surface area contributed by atoms with Gasteiger partial charge >= 0.3 is 5.97 Å². The van der Waals surface area contributed by atoms with Gasteiger partial charge in [0, 0.05) is 22.2 Å². The van der Waals surface area contributed by atoms with Gasteiger partial charge in [0.25, 0.3) is 0 Å². The van der Waals surface area contributed by atoms with Crippen molar-refractivity contribution in [2.24, 2.45) is 0 Å². The highest BCUT2D eigenvalue weighted by atomic mass is 79.9. The first-order valence-corrected chi connectivity index (χ1v) is 11.1. The lowest BCUT2D eigenvalue weighted by Gasteiger charge is -2.37. The van der Waals surface area contributed by atoms with Crippen molar-refractivity contribution in [3.05, 3.63) is 94.0 Å². The molecule has 5 nitrogen and oxygen atoms in total. The molecule has 1 N–H and O–H groups in total. The first-order valence-electron chi connectivity index (χ1n) is 10.3. The molecule has 1 unspecified atom stereocenters. The Kier molecular flexibility index (Phi) is 6.24. The summed E-state index contributed by atoms with van der Waals surface area (Å²) < 4.78 is 17.7. The normalized spacial score (nSPS) is 16.9. The smallest absolute Gasteiger partial charge is 0.340 e. The minimum absolute atomic E-state index is 0.265. The summed E-state index contributed by atoms with van der Waals surface area (Å²) in [5.74, 6) is 0.884. The molecule has 32 heavy (non-hydrogen) atoms. The van der Waals surface area contributed by atoms with Gasteiger partial charge in [0.05, 0.1) is 26.5 Å². The van der Waals surface area contributed by atoms with E-state index in [0.717, 1.165) is 32.4 Å². The molecule has 1 atom stereocenters. The van der Waals surface area contributed by atoms with Gasteiger partial charge in [-0.3, -0.25) is 0 Å². The minimum Gasteiger partial charge on any atom is -0.497 e. The first kappa shape index (κ1) is 22.0. The second kappa shape index (κ2) is 9.09. The quantitative estimate of drug-likeness (QED) is 0.441. The second-order valence-corrected chi connectivity index (χ2v) is 8.25. The lowest BCUT2D eigenvalue weighted by molar-refractivity contribution is -0.147. The molecule has 0 aromatic heterocycles. The standard InChI is InChI=1S/C26H24BrNO4/c1-4-32-25(29)26(18-10-12-19(27)13-11-18)16-21(17-8-6-5-7-9-17)24-22(28-26)14-20(30-2)15-23(24)31-3/h5-16,28H,4H2,1-3H3. The van der Waals surface area contributed by atoms with E-state index >= 15 is 0 Å². The van der Waals surface area contributed by atoms with Crippen LogP contribution in [0.2, 0.25) is 0 Å². The van der Waals surface area contributed by atoms with E-state index in [1.165, 1.54) is 0 Å². The maximum atomic E-state index is 13.5. The van der Waals surface area contributed by atoms with Gasteiger partial charge < -0.3 is 19.5 Å². The molecule has 0 saturated heterocycles. The zero-order valence-electron chi connectivity index (χ0n) is 18.1. The van der Waals surface area contributed by atoms with Crippen molar-refractivity contribution in [1.29, 1.82) is 0 Å². The van der Waals surface area contributed by atoms with Gasteiger partial charge in [-0.15, -0.1) is 0 Å². The predicted molar refractivity (Wildman–Crippen MR) is 129 cm³/mol. The van der Waals surface area contributed by atoms with E-state index in [1.54, 1.807) is 21.1 Å². The topological polar surface area (TPSA) is 56.8 Å². The number of carbonyl (C=O) groups is 1. The SMILES string of the molecule is CCOC(=O)C1(c2ccc(Br)cc2)C=C(c2ccccc2)c2c(cc(OC)cc2OC)N1. The fraction of sp³-hybridized carbons (Fsp3) is 0.192. The van der Waals surface area contributed by atoms with Gasteiger partial charge in [0.1, 0.15) is 11.5 Å². The van der Waals surface area contributed by atoms with Crippen LogP contribution in [0.1, 0.15) is 23.6 Å². The number of methoxy groups -OCH3 is 2. The van der Waals surface area contributed by atoms with Crippen LogP contribution in [0.5, 0.6) is 11.5 Å². The first-order chi connectivity index (χ1) is 15.5. The number of hydrogen-bond donors (Lipinski definition) is 1. The molecule has 3 aromatic carbocycles. The number of esters is 1. The molecular weight excluding hydrogens is 470 g/mol. The maximum absolute atomic E-state index is 13.5. The van der Waals surface area contributed by atoms with E-state index in [2.05, 4.69) is 21.2 Å². The molecule has 6 heteroatoms. The predicted octanol–water partition coefficient (Wildman–Crippen LogP) is 5.78. The van der Waals surface area contributed by atoms with Crippen molar-refractivity contribution in [2.75, 3.05) is 26.1 Å². The Morgan fingerprint density at radius 2 is 1.72 bits per heavy atom. The Labute approximate surface area is 196 Å². The van der Waals surface area contributed by atoms with Crippen LogP contribution in [0.3, 0.4) is 0 Å².